The third-order valence-electron chi connectivity index (χ3n) is 3.20. The molecule has 0 radical (unpaired) electrons. The van der Waals surface area contributed by atoms with E-state index in [-0.39, 0.29) is 5.56 Å². The lowest BCUT2D eigenvalue weighted by atomic mass is 10.2. The van der Waals surface area contributed by atoms with Crippen LogP contribution in [-0.2, 0) is 6.54 Å². The molecular formula is C14H12BrClN2O. The van der Waals surface area contributed by atoms with Crippen LogP contribution < -0.4 is 5.56 Å². The van der Waals surface area contributed by atoms with Crippen LogP contribution in [0.2, 0.25) is 5.15 Å². The standard InChI is InChI=1S/C14H12BrClN2O/c15-11-5-1-9(2-6-11)8-18-13(19)7-12(16)17-14(18)10-3-4-10/h1-2,5-7,10H,3-4,8H2. The first kappa shape index (κ1) is 12.9. The van der Waals surface area contributed by atoms with E-state index in [1.807, 2.05) is 24.3 Å². The summed E-state index contributed by atoms with van der Waals surface area (Å²) in [5.74, 6) is 1.21. The van der Waals surface area contributed by atoms with E-state index in [2.05, 4.69) is 20.9 Å². The van der Waals surface area contributed by atoms with Crippen molar-refractivity contribution in [3.8, 4) is 0 Å². The van der Waals surface area contributed by atoms with Crippen molar-refractivity contribution < 1.29 is 0 Å². The first-order valence-electron chi connectivity index (χ1n) is 6.15. The SMILES string of the molecule is O=c1cc(Cl)nc(C2CC2)n1Cc1ccc(Br)cc1. The van der Waals surface area contributed by atoms with Crippen LogP contribution in [0.25, 0.3) is 0 Å². The predicted octanol–water partition coefficient (Wildman–Crippen LogP) is 3.58. The van der Waals surface area contributed by atoms with Crippen molar-refractivity contribution in [3.63, 3.8) is 0 Å². The van der Waals surface area contributed by atoms with Crippen LogP contribution >= 0.6 is 27.5 Å². The molecule has 0 aliphatic heterocycles. The summed E-state index contributed by atoms with van der Waals surface area (Å²) in [4.78, 5) is 16.4. The highest BCUT2D eigenvalue weighted by atomic mass is 79.9. The van der Waals surface area contributed by atoms with Gasteiger partial charge in [-0.15, -0.1) is 0 Å². The zero-order chi connectivity index (χ0) is 13.4. The number of halogens is 2. The van der Waals surface area contributed by atoms with Gasteiger partial charge in [0.15, 0.2) is 0 Å². The molecule has 0 unspecified atom stereocenters. The molecule has 0 atom stereocenters. The maximum atomic E-state index is 12.1. The summed E-state index contributed by atoms with van der Waals surface area (Å²) in [5.41, 5.74) is 1.00. The van der Waals surface area contributed by atoms with Crippen molar-refractivity contribution in [1.29, 1.82) is 0 Å². The Hall–Kier alpha value is -1.13. The van der Waals surface area contributed by atoms with Crippen molar-refractivity contribution in [2.24, 2.45) is 0 Å². The van der Waals surface area contributed by atoms with E-state index in [9.17, 15) is 4.79 Å². The molecule has 0 amide bonds. The third kappa shape index (κ3) is 2.90. The molecule has 1 aromatic heterocycles. The fourth-order valence-electron chi connectivity index (χ4n) is 2.08. The van der Waals surface area contributed by atoms with Gasteiger partial charge in [0.1, 0.15) is 11.0 Å². The highest BCUT2D eigenvalue weighted by Crippen LogP contribution is 2.38. The van der Waals surface area contributed by atoms with Gasteiger partial charge in [-0.25, -0.2) is 4.98 Å². The van der Waals surface area contributed by atoms with Crippen molar-refractivity contribution in [2.45, 2.75) is 25.3 Å². The van der Waals surface area contributed by atoms with Gasteiger partial charge in [-0.05, 0) is 30.5 Å². The van der Waals surface area contributed by atoms with Crippen molar-refractivity contribution in [3.05, 3.63) is 61.7 Å². The molecule has 98 valence electrons. The second kappa shape index (κ2) is 5.10. The monoisotopic (exact) mass is 338 g/mol. The van der Waals surface area contributed by atoms with E-state index in [0.29, 0.717) is 17.6 Å². The minimum Gasteiger partial charge on any atom is -0.292 e. The summed E-state index contributed by atoms with van der Waals surface area (Å²) in [6.07, 6.45) is 2.18. The van der Waals surface area contributed by atoms with Crippen LogP contribution in [-0.4, -0.2) is 9.55 Å². The summed E-state index contributed by atoms with van der Waals surface area (Å²) in [6.45, 7) is 0.544. The Morgan fingerprint density at radius 2 is 2.00 bits per heavy atom. The third-order valence-corrected chi connectivity index (χ3v) is 3.93. The molecule has 2 aromatic rings. The Morgan fingerprint density at radius 3 is 2.63 bits per heavy atom. The lowest BCUT2D eigenvalue weighted by Crippen LogP contribution is -2.24. The lowest BCUT2D eigenvalue weighted by Gasteiger charge is -2.11. The second-order valence-electron chi connectivity index (χ2n) is 4.76. The Labute approximate surface area is 124 Å². The topological polar surface area (TPSA) is 34.9 Å². The van der Waals surface area contributed by atoms with E-state index < -0.39 is 0 Å². The van der Waals surface area contributed by atoms with Crippen LogP contribution in [0.1, 0.15) is 30.1 Å². The Morgan fingerprint density at radius 1 is 1.32 bits per heavy atom. The van der Waals surface area contributed by atoms with E-state index in [1.54, 1.807) is 4.57 Å². The van der Waals surface area contributed by atoms with E-state index >= 15 is 0 Å². The van der Waals surface area contributed by atoms with Crippen molar-refractivity contribution >= 4 is 27.5 Å². The summed E-state index contributed by atoms with van der Waals surface area (Å²) in [5, 5.41) is 0.291. The fraction of sp³-hybridized carbons (Fsp3) is 0.286. The average Bonchev–Trinajstić information content (AvgIpc) is 3.19. The maximum Gasteiger partial charge on any atom is 0.255 e. The largest absolute Gasteiger partial charge is 0.292 e. The van der Waals surface area contributed by atoms with Gasteiger partial charge in [0, 0.05) is 16.5 Å². The van der Waals surface area contributed by atoms with E-state index in [4.69, 9.17) is 11.6 Å². The quantitative estimate of drug-likeness (QED) is 0.801. The minimum atomic E-state index is -0.0789. The van der Waals surface area contributed by atoms with Crippen LogP contribution in [0.4, 0.5) is 0 Å². The Balaban J connectivity index is 1.99. The molecule has 1 aliphatic carbocycles. The minimum absolute atomic E-state index is 0.0789. The van der Waals surface area contributed by atoms with Crippen molar-refractivity contribution in [1.82, 2.24) is 9.55 Å². The number of hydrogen-bond donors (Lipinski definition) is 0. The molecule has 1 fully saturated rings. The zero-order valence-electron chi connectivity index (χ0n) is 10.1. The van der Waals surface area contributed by atoms with Gasteiger partial charge in [0.25, 0.3) is 5.56 Å². The molecule has 1 heterocycles. The molecule has 0 spiro atoms. The highest BCUT2D eigenvalue weighted by molar-refractivity contribution is 9.10. The van der Waals surface area contributed by atoms with Gasteiger partial charge in [-0.1, -0.05) is 39.7 Å². The van der Waals surface area contributed by atoms with Gasteiger partial charge in [0.05, 0.1) is 6.54 Å². The fourth-order valence-corrected chi connectivity index (χ4v) is 2.52. The molecule has 1 aromatic carbocycles. The first-order chi connectivity index (χ1) is 9.13. The van der Waals surface area contributed by atoms with Crippen LogP contribution in [0.5, 0.6) is 0 Å². The number of rotatable bonds is 3. The van der Waals surface area contributed by atoms with Crippen LogP contribution in [0, 0.1) is 0 Å². The number of benzene rings is 1. The zero-order valence-corrected chi connectivity index (χ0v) is 12.5. The van der Waals surface area contributed by atoms with Crippen LogP contribution in [0.3, 0.4) is 0 Å². The normalized spacial score (nSPS) is 14.6. The van der Waals surface area contributed by atoms with Gasteiger partial charge in [-0.2, -0.15) is 0 Å². The average molecular weight is 340 g/mol. The summed E-state index contributed by atoms with van der Waals surface area (Å²) in [7, 11) is 0. The Bertz CT molecular complexity index is 662. The van der Waals surface area contributed by atoms with E-state index in [0.717, 1.165) is 28.7 Å². The maximum absolute atomic E-state index is 12.1. The molecular weight excluding hydrogens is 328 g/mol. The number of nitrogens with zero attached hydrogens (tertiary/aromatic N) is 2. The van der Waals surface area contributed by atoms with E-state index in [1.165, 1.54) is 6.07 Å². The summed E-state index contributed by atoms with van der Waals surface area (Å²) in [6, 6.07) is 9.33. The molecule has 5 heteroatoms. The van der Waals surface area contributed by atoms with Gasteiger partial charge < -0.3 is 0 Å². The number of aromatic nitrogens is 2. The molecule has 0 saturated heterocycles. The van der Waals surface area contributed by atoms with Crippen LogP contribution in [0.15, 0.2) is 39.6 Å². The molecule has 0 N–H and O–H groups in total. The summed E-state index contributed by atoms with van der Waals surface area (Å²) >= 11 is 9.29. The van der Waals surface area contributed by atoms with Gasteiger partial charge >= 0.3 is 0 Å². The van der Waals surface area contributed by atoms with Gasteiger partial charge in [-0.3, -0.25) is 9.36 Å². The predicted molar refractivity (Wildman–Crippen MR) is 78.7 cm³/mol. The molecule has 3 nitrogen and oxygen atoms in total. The number of hydrogen-bond acceptors (Lipinski definition) is 2. The van der Waals surface area contributed by atoms with Gasteiger partial charge in [0.2, 0.25) is 0 Å². The first-order valence-corrected chi connectivity index (χ1v) is 7.32. The highest BCUT2D eigenvalue weighted by Gasteiger charge is 2.28. The van der Waals surface area contributed by atoms with Crippen molar-refractivity contribution in [2.75, 3.05) is 0 Å². The smallest absolute Gasteiger partial charge is 0.255 e. The molecule has 19 heavy (non-hydrogen) atoms. The molecule has 0 bridgehead atoms. The molecule has 3 rings (SSSR count). The summed E-state index contributed by atoms with van der Waals surface area (Å²) < 4.78 is 2.76. The lowest BCUT2D eigenvalue weighted by molar-refractivity contribution is 0.669. The Kier molecular flexibility index (Phi) is 3.46. The molecule has 1 saturated carbocycles. The molecule has 1 aliphatic rings. The second-order valence-corrected chi connectivity index (χ2v) is 6.07.